The summed E-state index contributed by atoms with van der Waals surface area (Å²) in [6.45, 7) is 1.94. The molecule has 0 spiro atoms. The van der Waals surface area contributed by atoms with Crippen LogP contribution in [0.5, 0.6) is 0 Å². The molecule has 2 N–H and O–H groups in total. The Morgan fingerprint density at radius 1 is 1.05 bits per heavy atom. The van der Waals surface area contributed by atoms with Crippen LogP contribution in [0, 0.1) is 6.92 Å². The molecule has 1 heterocycles. The molecule has 0 fully saturated rings. The van der Waals surface area contributed by atoms with Crippen molar-refractivity contribution in [2.24, 2.45) is 15.7 Å². The van der Waals surface area contributed by atoms with Crippen molar-refractivity contribution in [3.63, 3.8) is 0 Å². The number of halogens is 1. The molecule has 0 atom stereocenters. The van der Waals surface area contributed by atoms with Crippen LogP contribution in [0.15, 0.2) is 52.4 Å². The topological polar surface area (TPSA) is 50.7 Å². The fraction of sp³-hybridized carbons (Fsp3) is 0.0667. The van der Waals surface area contributed by atoms with Gasteiger partial charge in [-0.05, 0) is 24.6 Å². The van der Waals surface area contributed by atoms with Crippen LogP contribution in [0.1, 0.15) is 16.7 Å². The first-order valence-electron chi connectivity index (χ1n) is 5.94. The minimum atomic E-state index is 0.508. The van der Waals surface area contributed by atoms with E-state index in [0.717, 1.165) is 22.4 Å². The minimum Gasteiger partial charge on any atom is -0.383 e. The van der Waals surface area contributed by atoms with E-state index >= 15 is 0 Å². The maximum absolute atomic E-state index is 6.10. The summed E-state index contributed by atoms with van der Waals surface area (Å²) in [7, 11) is 0. The molecule has 0 aromatic heterocycles. The molecule has 94 valence electrons. The molecule has 0 radical (unpaired) electrons. The quantitative estimate of drug-likeness (QED) is 0.847. The number of aliphatic imine (C=N–C) groups is 2. The lowest BCUT2D eigenvalue weighted by Crippen LogP contribution is -2.09. The maximum atomic E-state index is 6.10. The number of nitrogens with two attached hydrogens (primary N) is 1. The van der Waals surface area contributed by atoms with Gasteiger partial charge in [0.25, 0.3) is 0 Å². The third-order valence-corrected chi connectivity index (χ3v) is 3.55. The zero-order valence-electron chi connectivity index (χ0n) is 10.4. The van der Waals surface area contributed by atoms with E-state index in [0.29, 0.717) is 16.7 Å². The Morgan fingerprint density at radius 3 is 2.58 bits per heavy atom. The molecule has 3 nitrogen and oxygen atoms in total. The van der Waals surface area contributed by atoms with Crippen molar-refractivity contribution < 1.29 is 0 Å². The van der Waals surface area contributed by atoms with Gasteiger partial charge >= 0.3 is 0 Å². The molecule has 0 amide bonds. The summed E-state index contributed by atoms with van der Waals surface area (Å²) in [6.07, 6.45) is 0. The largest absolute Gasteiger partial charge is 0.383 e. The molecule has 2 aromatic carbocycles. The van der Waals surface area contributed by atoms with Crippen molar-refractivity contribution in [2.75, 3.05) is 0 Å². The van der Waals surface area contributed by atoms with E-state index in [2.05, 4.69) is 9.98 Å². The molecule has 0 aliphatic carbocycles. The van der Waals surface area contributed by atoms with Crippen molar-refractivity contribution >= 4 is 29.0 Å². The molecule has 4 heteroatoms. The monoisotopic (exact) mass is 269 g/mol. The maximum Gasteiger partial charge on any atom is 0.162 e. The molecule has 2 aromatic rings. The molecule has 1 aliphatic heterocycles. The van der Waals surface area contributed by atoms with Crippen LogP contribution in [0.2, 0.25) is 5.02 Å². The summed E-state index contributed by atoms with van der Waals surface area (Å²) in [6, 6.07) is 13.4. The summed E-state index contributed by atoms with van der Waals surface area (Å²) >= 11 is 6.10. The lowest BCUT2D eigenvalue weighted by molar-refractivity contribution is 1.38. The Labute approximate surface area is 116 Å². The summed E-state index contributed by atoms with van der Waals surface area (Å²) in [5, 5.41) is 0.699. The summed E-state index contributed by atoms with van der Waals surface area (Å²) < 4.78 is 0. The fourth-order valence-electron chi connectivity index (χ4n) is 2.05. The van der Waals surface area contributed by atoms with E-state index in [9.17, 15) is 0 Å². The Morgan fingerprint density at radius 2 is 1.79 bits per heavy atom. The molecule has 0 saturated heterocycles. The summed E-state index contributed by atoms with van der Waals surface area (Å²) in [4.78, 5) is 8.90. The van der Waals surface area contributed by atoms with Crippen molar-refractivity contribution in [3.05, 3.63) is 64.2 Å². The number of fused-ring (bicyclic) bond motifs is 1. The highest BCUT2D eigenvalue weighted by Gasteiger charge is 2.18. The van der Waals surface area contributed by atoms with Gasteiger partial charge in [-0.3, -0.25) is 0 Å². The van der Waals surface area contributed by atoms with Gasteiger partial charge in [0, 0.05) is 16.1 Å². The predicted octanol–water partition coefficient (Wildman–Crippen LogP) is 3.45. The Hall–Kier alpha value is -2.13. The number of amidine groups is 2. The van der Waals surface area contributed by atoms with Gasteiger partial charge < -0.3 is 5.73 Å². The first kappa shape index (κ1) is 11.9. The van der Waals surface area contributed by atoms with Gasteiger partial charge in [-0.2, -0.15) is 0 Å². The van der Waals surface area contributed by atoms with Crippen LogP contribution < -0.4 is 5.73 Å². The molecule has 0 saturated carbocycles. The van der Waals surface area contributed by atoms with Gasteiger partial charge in [-0.15, -0.1) is 0 Å². The Bertz CT molecular complexity index is 717. The highest BCUT2D eigenvalue weighted by molar-refractivity contribution is 6.31. The average Bonchev–Trinajstić information content (AvgIpc) is 2.73. The van der Waals surface area contributed by atoms with E-state index in [1.165, 1.54) is 0 Å². The van der Waals surface area contributed by atoms with Gasteiger partial charge in [-0.25, -0.2) is 9.98 Å². The number of hydrogen-bond acceptors (Lipinski definition) is 2. The second-order valence-corrected chi connectivity index (χ2v) is 4.77. The van der Waals surface area contributed by atoms with Crippen molar-refractivity contribution in [3.8, 4) is 0 Å². The number of benzene rings is 2. The highest BCUT2D eigenvalue weighted by Crippen LogP contribution is 2.28. The van der Waals surface area contributed by atoms with Crippen LogP contribution >= 0.6 is 11.6 Å². The zero-order valence-corrected chi connectivity index (χ0v) is 11.1. The molecule has 0 bridgehead atoms. The third-order valence-electron chi connectivity index (χ3n) is 3.14. The minimum absolute atomic E-state index is 0.508. The smallest absolute Gasteiger partial charge is 0.162 e. The highest BCUT2D eigenvalue weighted by atomic mass is 35.5. The van der Waals surface area contributed by atoms with Gasteiger partial charge in [0.1, 0.15) is 5.84 Å². The molecular weight excluding hydrogens is 258 g/mol. The summed E-state index contributed by atoms with van der Waals surface area (Å²) in [5.74, 6) is 1.15. The first-order chi connectivity index (χ1) is 9.16. The normalized spacial score (nSPS) is 15.5. The molecule has 19 heavy (non-hydrogen) atoms. The molecule has 1 aliphatic rings. The lowest BCUT2D eigenvalue weighted by Gasteiger charge is -2.03. The van der Waals surface area contributed by atoms with Gasteiger partial charge in [-0.1, -0.05) is 41.9 Å². The first-order valence-corrected chi connectivity index (χ1v) is 6.32. The van der Waals surface area contributed by atoms with Crippen LogP contribution in [-0.4, -0.2) is 11.7 Å². The average molecular weight is 270 g/mol. The van der Waals surface area contributed by atoms with Crippen LogP contribution in [0.4, 0.5) is 5.69 Å². The van der Waals surface area contributed by atoms with E-state index in [-0.39, 0.29) is 0 Å². The number of nitrogens with zero attached hydrogens (tertiary/aromatic N) is 2. The SMILES string of the molecule is Cc1c(Cl)cccc1N=C1N=C(N)c2ccccc21. The molecule has 3 rings (SSSR count). The molecular formula is C15H12ClN3. The standard InChI is InChI=1S/C15H12ClN3/c1-9-12(16)7-4-8-13(9)18-15-11-6-3-2-5-10(11)14(17)19-15/h2-8H,1H3,(H2,17,18,19). The van der Waals surface area contributed by atoms with Crippen LogP contribution in [-0.2, 0) is 0 Å². The van der Waals surface area contributed by atoms with Gasteiger partial charge in [0.15, 0.2) is 5.84 Å². The molecule has 0 unspecified atom stereocenters. The van der Waals surface area contributed by atoms with Crippen molar-refractivity contribution in [1.82, 2.24) is 0 Å². The zero-order chi connectivity index (χ0) is 13.4. The second kappa shape index (κ2) is 4.52. The second-order valence-electron chi connectivity index (χ2n) is 4.36. The van der Waals surface area contributed by atoms with E-state index in [4.69, 9.17) is 17.3 Å². The number of hydrogen-bond donors (Lipinski definition) is 1. The Kier molecular flexibility index (Phi) is 2.84. The summed E-state index contributed by atoms with van der Waals surface area (Å²) in [5.41, 5.74) is 9.55. The Balaban J connectivity index is 2.14. The van der Waals surface area contributed by atoms with Crippen LogP contribution in [0.25, 0.3) is 0 Å². The predicted molar refractivity (Wildman–Crippen MR) is 79.6 cm³/mol. The van der Waals surface area contributed by atoms with Crippen molar-refractivity contribution in [2.45, 2.75) is 6.92 Å². The third kappa shape index (κ3) is 2.02. The van der Waals surface area contributed by atoms with E-state index < -0.39 is 0 Å². The van der Waals surface area contributed by atoms with E-state index in [1.54, 1.807) is 0 Å². The van der Waals surface area contributed by atoms with Crippen LogP contribution in [0.3, 0.4) is 0 Å². The fourth-order valence-corrected chi connectivity index (χ4v) is 2.22. The van der Waals surface area contributed by atoms with Crippen molar-refractivity contribution in [1.29, 1.82) is 0 Å². The lowest BCUT2D eigenvalue weighted by atomic mass is 10.1. The van der Waals surface area contributed by atoms with E-state index in [1.807, 2.05) is 49.4 Å². The number of rotatable bonds is 1. The van der Waals surface area contributed by atoms with Gasteiger partial charge in [0.05, 0.1) is 5.69 Å². The van der Waals surface area contributed by atoms with Gasteiger partial charge in [0.2, 0.25) is 0 Å².